The molecule has 2 aromatic carbocycles. The number of aryl methyl sites for hydroxylation is 1. The zero-order valence-corrected chi connectivity index (χ0v) is 15.8. The molecule has 4 nitrogen and oxygen atoms in total. The van der Waals surface area contributed by atoms with Crippen LogP contribution < -0.4 is 15.8 Å². The summed E-state index contributed by atoms with van der Waals surface area (Å²) < 4.78 is 5.64. The molecule has 0 saturated heterocycles. The molecule has 0 bridgehead atoms. The summed E-state index contributed by atoms with van der Waals surface area (Å²) in [6.07, 6.45) is 1.97. The number of benzene rings is 2. The number of carbonyl (C=O) groups excluding carboxylic acids is 1. The van der Waals surface area contributed by atoms with E-state index in [0.29, 0.717) is 11.3 Å². The fourth-order valence-corrected chi connectivity index (χ4v) is 2.40. The first-order valence-corrected chi connectivity index (χ1v) is 8.36. The summed E-state index contributed by atoms with van der Waals surface area (Å²) in [4.78, 5) is 12.2. The Kier molecular flexibility index (Phi) is 8.29. The summed E-state index contributed by atoms with van der Waals surface area (Å²) in [6, 6.07) is 15.2. The van der Waals surface area contributed by atoms with Crippen molar-refractivity contribution in [3.05, 3.63) is 59.7 Å². The molecule has 0 saturated carbocycles. The Morgan fingerprint density at radius 1 is 1.04 bits per heavy atom. The van der Waals surface area contributed by atoms with Crippen LogP contribution in [0.5, 0.6) is 5.75 Å². The molecule has 0 heterocycles. The molecule has 25 heavy (non-hydrogen) atoms. The Morgan fingerprint density at radius 3 is 2.20 bits per heavy atom. The van der Waals surface area contributed by atoms with Crippen molar-refractivity contribution in [2.75, 3.05) is 5.73 Å². The molecule has 0 aliphatic rings. The van der Waals surface area contributed by atoms with Gasteiger partial charge in [-0.15, -0.1) is 12.4 Å². The fourth-order valence-electron chi connectivity index (χ4n) is 2.40. The van der Waals surface area contributed by atoms with E-state index in [9.17, 15) is 4.79 Å². The maximum Gasteiger partial charge on any atom is 0.251 e. The number of nitrogens with one attached hydrogen (secondary N) is 1. The predicted molar refractivity (Wildman–Crippen MR) is 106 cm³/mol. The van der Waals surface area contributed by atoms with Crippen LogP contribution in [0.25, 0.3) is 0 Å². The number of ether oxygens (including phenoxy) is 1. The highest BCUT2D eigenvalue weighted by Crippen LogP contribution is 2.15. The van der Waals surface area contributed by atoms with Gasteiger partial charge in [0.1, 0.15) is 5.75 Å². The SMILES string of the molecule is CC(CCc1ccc(OC(C)C)cc1)NC(=O)c1ccc(N)cc1.Cl. The van der Waals surface area contributed by atoms with Gasteiger partial charge in [0.25, 0.3) is 5.91 Å². The predicted octanol–water partition coefficient (Wildman–Crippen LogP) is 4.23. The van der Waals surface area contributed by atoms with Gasteiger partial charge in [0, 0.05) is 17.3 Å². The van der Waals surface area contributed by atoms with Crippen molar-refractivity contribution < 1.29 is 9.53 Å². The van der Waals surface area contributed by atoms with Gasteiger partial charge in [-0.05, 0) is 75.6 Å². The lowest BCUT2D eigenvalue weighted by Crippen LogP contribution is -2.32. The Morgan fingerprint density at radius 2 is 1.64 bits per heavy atom. The van der Waals surface area contributed by atoms with Gasteiger partial charge in [0.05, 0.1) is 6.10 Å². The van der Waals surface area contributed by atoms with E-state index in [4.69, 9.17) is 10.5 Å². The van der Waals surface area contributed by atoms with Crippen LogP contribution in [0.3, 0.4) is 0 Å². The van der Waals surface area contributed by atoms with E-state index >= 15 is 0 Å². The third-order valence-electron chi connectivity index (χ3n) is 3.71. The Hall–Kier alpha value is -2.20. The Bertz CT molecular complexity index is 654. The zero-order valence-electron chi connectivity index (χ0n) is 15.0. The second-order valence-corrected chi connectivity index (χ2v) is 6.35. The first-order chi connectivity index (χ1) is 11.4. The minimum atomic E-state index is -0.0665. The summed E-state index contributed by atoms with van der Waals surface area (Å²) in [7, 11) is 0. The molecular formula is C20H27ClN2O2. The smallest absolute Gasteiger partial charge is 0.251 e. The summed E-state index contributed by atoms with van der Waals surface area (Å²) in [5.74, 6) is 0.821. The molecule has 0 aliphatic carbocycles. The molecule has 1 atom stereocenters. The molecule has 136 valence electrons. The van der Waals surface area contributed by atoms with Gasteiger partial charge in [-0.1, -0.05) is 12.1 Å². The lowest BCUT2D eigenvalue weighted by atomic mass is 10.1. The highest BCUT2D eigenvalue weighted by atomic mass is 35.5. The summed E-state index contributed by atoms with van der Waals surface area (Å²) in [5.41, 5.74) is 8.16. The topological polar surface area (TPSA) is 64.3 Å². The first-order valence-electron chi connectivity index (χ1n) is 8.36. The molecule has 0 radical (unpaired) electrons. The van der Waals surface area contributed by atoms with E-state index in [1.807, 2.05) is 32.9 Å². The van der Waals surface area contributed by atoms with Gasteiger partial charge < -0.3 is 15.8 Å². The van der Waals surface area contributed by atoms with Crippen molar-refractivity contribution in [3.8, 4) is 5.75 Å². The van der Waals surface area contributed by atoms with E-state index < -0.39 is 0 Å². The van der Waals surface area contributed by atoms with Gasteiger partial charge in [-0.2, -0.15) is 0 Å². The second kappa shape index (κ2) is 9.94. The fraction of sp³-hybridized carbons (Fsp3) is 0.350. The summed E-state index contributed by atoms with van der Waals surface area (Å²) in [6.45, 7) is 6.05. The van der Waals surface area contributed by atoms with E-state index in [1.54, 1.807) is 24.3 Å². The number of hydrogen-bond acceptors (Lipinski definition) is 3. The minimum Gasteiger partial charge on any atom is -0.491 e. The lowest BCUT2D eigenvalue weighted by Gasteiger charge is -2.14. The number of rotatable bonds is 7. The molecule has 2 aromatic rings. The maximum atomic E-state index is 12.2. The second-order valence-electron chi connectivity index (χ2n) is 6.35. The summed E-state index contributed by atoms with van der Waals surface area (Å²) >= 11 is 0. The van der Waals surface area contributed by atoms with Gasteiger partial charge in [0.2, 0.25) is 0 Å². The molecule has 0 aliphatic heterocycles. The van der Waals surface area contributed by atoms with E-state index in [2.05, 4.69) is 17.4 Å². The number of hydrogen-bond donors (Lipinski definition) is 2. The van der Waals surface area contributed by atoms with Crippen molar-refractivity contribution in [1.29, 1.82) is 0 Å². The number of halogens is 1. The average molecular weight is 363 g/mol. The van der Waals surface area contributed by atoms with E-state index in [1.165, 1.54) is 5.56 Å². The normalized spacial score (nSPS) is 11.5. The Labute approximate surface area is 156 Å². The third-order valence-corrected chi connectivity index (χ3v) is 3.71. The molecule has 5 heteroatoms. The molecule has 0 spiro atoms. The van der Waals surface area contributed by atoms with Gasteiger partial charge in [-0.3, -0.25) is 4.79 Å². The lowest BCUT2D eigenvalue weighted by molar-refractivity contribution is 0.0938. The van der Waals surface area contributed by atoms with Gasteiger partial charge >= 0.3 is 0 Å². The minimum absolute atomic E-state index is 0. The molecule has 3 N–H and O–H groups in total. The van der Waals surface area contributed by atoms with Crippen LogP contribution in [-0.4, -0.2) is 18.1 Å². The van der Waals surface area contributed by atoms with Crippen LogP contribution in [0.4, 0.5) is 5.69 Å². The largest absolute Gasteiger partial charge is 0.491 e. The molecule has 1 amide bonds. The zero-order chi connectivity index (χ0) is 17.5. The monoisotopic (exact) mass is 362 g/mol. The maximum absolute atomic E-state index is 12.2. The quantitative estimate of drug-likeness (QED) is 0.724. The number of anilines is 1. The number of amides is 1. The van der Waals surface area contributed by atoms with E-state index in [0.717, 1.165) is 18.6 Å². The molecule has 1 unspecified atom stereocenters. The van der Waals surface area contributed by atoms with Crippen LogP contribution in [-0.2, 0) is 6.42 Å². The molecule has 2 rings (SSSR count). The number of carbonyl (C=O) groups is 1. The van der Waals surface area contributed by atoms with Crippen LogP contribution in [0.2, 0.25) is 0 Å². The molecular weight excluding hydrogens is 336 g/mol. The molecule has 0 fully saturated rings. The highest BCUT2D eigenvalue weighted by molar-refractivity contribution is 5.94. The average Bonchev–Trinajstić information content (AvgIpc) is 2.54. The van der Waals surface area contributed by atoms with Crippen molar-refractivity contribution in [1.82, 2.24) is 5.32 Å². The van der Waals surface area contributed by atoms with Crippen molar-refractivity contribution in [2.45, 2.75) is 45.8 Å². The third kappa shape index (κ3) is 7.06. The van der Waals surface area contributed by atoms with Gasteiger partial charge in [-0.25, -0.2) is 0 Å². The van der Waals surface area contributed by atoms with Crippen LogP contribution in [0.1, 0.15) is 43.1 Å². The number of nitrogen functional groups attached to an aromatic ring is 1. The summed E-state index contributed by atoms with van der Waals surface area (Å²) in [5, 5.41) is 3.02. The van der Waals surface area contributed by atoms with Crippen LogP contribution in [0.15, 0.2) is 48.5 Å². The van der Waals surface area contributed by atoms with Crippen molar-refractivity contribution in [2.24, 2.45) is 0 Å². The Balaban J connectivity index is 0.00000312. The van der Waals surface area contributed by atoms with Gasteiger partial charge in [0.15, 0.2) is 0 Å². The number of nitrogens with two attached hydrogens (primary N) is 1. The standard InChI is InChI=1S/C20H26N2O2.ClH/c1-14(2)24-19-12-6-16(7-13-19)5-4-15(3)22-20(23)17-8-10-18(21)11-9-17;/h6-15H,4-5,21H2,1-3H3,(H,22,23);1H. The van der Waals surface area contributed by atoms with Crippen LogP contribution >= 0.6 is 12.4 Å². The molecule has 0 aromatic heterocycles. The van der Waals surface area contributed by atoms with Crippen molar-refractivity contribution >= 4 is 24.0 Å². The van der Waals surface area contributed by atoms with Crippen molar-refractivity contribution in [3.63, 3.8) is 0 Å². The highest BCUT2D eigenvalue weighted by Gasteiger charge is 2.10. The van der Waals surface area contributed by atoms with Crippen LogP contribution in [0, 0.1) is 0 Å². The first kappa shape index (κ1) is 20.8. The van der Waals surface area contributed by atoms with E-state index in [-0.39, 0.29) is 30.5 Å².